The first-order chi connectivity index (χ1) is 6.05. The van der Waals surface area contributed by atoms with E-state index < -0.39 is 0 Å². The van der Waals surface area contributed by atoms with Gasteiger partial charge in [-0.05, 0) is 19.8 Å². The van der Waals surface area contributed by atoms with Crippen LogP contribution in [-0.4, -0.2) is 36.6 Å². The molecule has 2 rings (SSSR count). The second-order valence-corrected chi connectivity index (χ2v) is 5.46. The van der Waals surface area contributed by atoms with Crippen LogP contribution in [0.15, 0.2) is 0 Å². The first kappa shape index (κ1) is 9.47. The Kier molecular flexibility index (Phi) is 2.16. The molecular formula is C11H22N2. The molecule has 1 atom stereocenters. The van der Waals surface area contributed by atoms with Crippen LogP contribution in [0, 0.1) is 11.3 Å². The highest BCUT2D eigenvalue weighted by Crippen LogP contribution is 2.42. The molecule has 0 radical (unpaired) electrons. The SMILES string of the molecule is CC(C)C1NCC12CN(C(C)C)C2. The van der Waals surface area contributed by atoms with Crippen molar-refractivity contribution in [1.29, 1.82) is 0 Å². The Morgan fingerprint density at radius 2 is 1.85 bits per heavy atom. The molecule has 2 aliphatic rings. The predicted octanol–water partition coefficient (Wildman–Crippen LogP) is 1.32. The molecule has 0 aromatic rings. The predicted molar refractivity (Wildman–Crippen MR) is 55.8 cm³/mol. The Morgan fingerprint density at radius 3 is 2.15 bits per heavy atom. The minimum absolute atomic E-state index is 0.651. The Hall–Kier alpha value is -0.0800. The Labute approximate surface area is 81.7 Å². The zero-order valence-corrected chi connectivity index (χ0v) is 9.30. The van der Waals surface area contributed by atoms with Crippen molar-refractivity contribution in [3.63, 3.8) is 0 Å². The van der Waals surface area contributed by atoms with Crippen LogP contribution in [0.3, 0.4) is 0 Å². The molecule has 76 valence electrons. The van der Waals surface area contributed by atoms with E-state index in [4.69, 9.17) is 0 Å². The minimum atomic E-state index is 0.651. The highest BCUT2D eigenvalue weighted by atomic mass is 15.3. The number of hydrogen-bond donors (Lipinski definition) is 1. The van der Waals surface area contributed by atoms with Crippen LogP contribution in [0.2, 0.25) is 0 Å². The third-order valence-corrected chi connectivity index (χ3v) is 3.77. The van der Waals surface area contributed by atoms with E-state index in [1.165, 1.54) is 19.6 Å². The standard InChI is InChI=1S/C11H22N2/c1-8(2)10-11(5-12-10)6-13(7-11)9(3)4/h8-10,12H,5-7H2,1-4H3. The van der Waals surface area contributed by atoms with Gasteiger partial charge in [0.2, 0.25) is 0 Å². The van der Waals surface area contributed by atoms with Gasteiger partial charge >= 0.3 is 0 Å². The van der Waals surface area contributed by atoms with E-state index in [2.05, 4.69) is 37.9 Å². The van der Waals surface area contributed by atoms with Crippen LogP contribution in [0.5, 0.6) is 0 Å². The van der Waals surface area contributed by atoms with Gasteiger partial charge in [-0.15, -0.1) is 0 Å². The molecule has 0 aliphatic carbocycles. The van der Waals surface area contributed by atoms with Gasteiger partial charge in [-0.3, -0.25) is 4.90 Å². The van der Waals surface area contributed by atoms with Crippen molar-refractivity contribution < 1.29 is 0 Å². The number of hydrogen-bond acceptors (Lipinski definition) is 2. The van der Waals surface area contributed by atoms with Crippen LogP contribution in [0.4, 0.5) is 0 Å². The summed E-state index contributed by atoms with van der Waals surface area (Å²) in [4.78, 5) is 2.58. The molecule has 13 heavy (non-hydrogen) atoms. The van der Waals surface area contributed by atoms with Crippen molar-refractivity contribution in [2.24, 2.45) is 11.3 Å². The molecular weight excluding hydrogens is 160 g/mol. The molecule has 2 saturated heterocycles. The molecule has 1 spiro atoms. The molecule has 0 saturated carbocycles. The fraction of sp³-hybridized carbons (Fsp3) is 1.00. The van der Waals surface area contributed by atoms with Crippen LogP contribution >= 0.6 is 0 Å². The van der Waals surface area contributed by atoms with Crippen LogP contribution in [0.25, 0.3) is 0 Å². The first-order valence-corrected chi connectivity index (χ1v) is 5.52. The third-order valence-electron chi connectivity index (χ3n) is 3.77. The van der Waals surface area contributed by atoms with Crippen molar-refractivity contribution in [3.05, 3.63) is 0 Å². The topological polar surface area (TPSA) is 15.3 Å². The summed E-state index contributed by atoms with van der Waals surface area (Å²) in [5.41, 5.74) is 0.651. The molecule has 0 bridgehead atoms. The van der Waals surface area contributed by atoms with E-state index >= 15 is 0 Å². The lowest BCUT2D eigenvalue weighted by molar-refractivity contribution is -0.107. The Morgan fingerprint density at radius 1 is 1.23 bits per heavy atom. The smallest absolute Gasteiger partial charge is 0.0238 e. The molecule has 2 fully saturated rings. The summed E-state index contributed by atoms with van der Waals surface area (Å²) in [6.45, 7) is 13.1. The third kappa shape index (κ3) is 1.31. The van der Waals surface area contributed by atoms with Gasteiger partial charge in [0, 0.05) is 37.1 Å². The minimum Gasteiger partial charge on any atom is -0.312 e. The number of rotatable bonds is 2. The molecule has 2 heterocycles. The molecule has 0 aromatic heterocycles. The molecule has 2 aliphatic heterocycles. The van der Waals surface area contributed by atoms with Crippen LogP contribution in [0.1, 0.15) is 27.7 Å². The average molecular weight is 182 g/mol. The molecule has 0 amide bonds. The highest BCUT2D eigenvalue weighted by molar-refractivity contribution is 5.12. The van der Waals surface area contributed by atoms with E-state index in [-0.39, 0.29) is 0 Å². The van der Waals surface area contributed by atoms with E-state index in [0.29, 0.717) is 5.41 Å². The van der Waals surface area contributed by atoms with Gasteiger partial charge in [0.25, 0.3) is 0 Å². The fourth-order valence-corrected chi connectivity index (χ4v) is 2.89. The lowest BCUT2D eigenvalue weighted by Crippen LogP contribution is -2.78. The van der Waals surface area contributed by atoms with Gasteiger partial charge in [-0.1, -0.05) is 13.8 Å². The van der Waals surface area contributed by atoms with E-state index in [1.54, 1.807) is 0 Å². The Balaban J connectivity index is 1.90. The van der Waals surface area contributed by atoms with Crippen molar-refractivity contribution in [2.75, 3.05) is 19.6 Å². The number of nitrogens with one attached hydrogen (secondary N) is 1. The maximum Gasteiger partial charge on any atom is 0.0238 e. The molecule has 1 N–H and O–H groups in total. The largest absolute Gasteiger partial charge is 0.312 e. The average Bonchev–Trinajstić information content (AvgIpc) is 1.78. The summed E-state index contributed by atoms with van der Waals surface area (Å²) in [6, 6.07) is 1.52. The summed E-state index contributed by atoms with van der Waals surface area (Å²) in [6.07, 6.45) is 0. The maximum atomic E-state index is 3.57. The van der Waals surface area contributed by atoms with E-state index in [0.717, 1.165) is 18.0 Å². The number of likely N-dealkylation sites (tertiary alicyclic amines) is 1. The fourth-order valence-electron chi connectivity index (χ4n) is 2.89. The molecule has 2 heteroatoms. The lowest BCUT2D eigenvalue weighted by Gasteiger charge is -2.63. The quantitative estimate of drug-likeness (QED) is 0.693. The van der Waals surface area contributed by atoms with Crippen molar-refractivity contribution in [3.8, 4) is 0 Å². The van der Waals surface area contributed by atoms with Gasteiger partial charge in [0.1, 0.15) is 0 Å². The summed E-state index contributed by atoms with van der Waals surface area (Å²) < 4.78 is 0. The van der Waals surface area contributed by atoms with Crippen molar-refractivity contribution in [1.82, 2.24) is 10.2 Å². The summed E-state index contributed by atoms with van der Waals surface area (Å²) in [7, 11) is 0. The van der Waals surface area contributed by atoms with Crippen molar-refractivity contribution >= 4 is 0 Å². The lowest BCUT2D eigenvalue weighted by atomic mass is 9.63. The van der Waals surface area contributed by atoms with Gasteiger partial charge in [0.15, 0.2) is 0 Å². The molecule has 2 nitrogen and oxygen atoms in total. The normalized spacial score (nSPS) is 32.3. The van der Waals surface area contributed by atoms with Gasteiger partial charge in [-0.25, -0.2) is 0 Å². The van der Waals surface area contributed by atoms with Gasteiger partial charge < -0.3 is 5.32 Å². The second-order valence-electron chi connectivity index (χ2n) is 5.46. The second kappa shape index (κ2) is 2.96. The van der Waals surface area contributed by atoms with E-state index in [9.17, 15) is 0 Å². The Bertz CT molecular complexity index is 192. The zero-order valence-electron chi connectivity index (χ0n) is 9.30. The van der Waals surface area contributed by atoms with E-state index in [1.807, 2.05) is 0 Å². The maximum absolute atomic E-state index is 3.57. The first-order valence-electron chi connectivity index (χ1n) is 5.52. The van der Waals surface area contributed by atoms with Gasteiger partial charge in [-0.2, -0.15) is 0 Å². The zero-order chi connectivity index (χ0) is 9.64. The van der Waals surface area contributed by atoms with Crippen LogP contribution in [-0.2, 0) is 0 Å². The molecule has 1 unspecified atom stereocenters. The highest BCUT2D eigenvalue weighted by Gasteiger charge is 2.55. The van der Waals surface area contributed by atoms with Gasteiger partial charge in [0.05, 0.1) is 0 Å². The summed E-state index contributed by atoms with van der Waals surface area (Å²) >= 11 is 0. The number of nitrogens with zero attached hydrogens (tertiary/aromatic N) is 1. The summed E-state index contributed by atoms with van der Waals surface area (Å²) in [5, 5.41) is 3.57. The van der Waals surface area contributed by atoms with Crippen LogP contribution < -0.4 is 5.32 Å². The molecule has 0 aromatic carbocycles. The monoisotopic (exact) mass is 182 g/mol. The van der Waals surface area contributed by atoms with Crippen molar-refractivity contribution in [2.45, 2.75) is 39.8 Å². The summed E-state index contributed by atoms with van der Waals surface area (Å²) in [5.74, 6) is 0.795.